The van der Waals surface area contributed by atoms with Gasteiger partial charge < -0.3 is 10.1 Å². The third-order valence-corrected chi connectivity index (χ3v) is 4.81. The maximum Gasteiger partial charge on any atom is 0.350 e. The first-order valence-electron chi connectivity index (χ1n) is 6.67. The first-order chi connectivity index (χ1) is 10.5. The van der Waals surface area contributed by atoms with E-state index in [-0.39, 0.29) is 5.91 Å². The molecular formula is C15H15BrN2O3S. The Hall–Kier alpha value is -1.73. The molecule has 5 nitrogen and oxygen atoms in total. The van der Waals surface area contributed by atoms with Gasteiger partial charge in [-0.3, -0.25) is 4.79 Å². The van der Waals surface area contributed by atoms with Crippen LogP contribution in [0.2, 0.25) is 0 Å². The monoisotopic (exact) mass is 382 g/mol. The molecule has 2 rings (SSSR count). The molecule has 1 heterocycles. The van der Waals surface area contributed by atoms with Crippen molar-refractivity contribution in [3.8, 4) is 0 Å². The van der Waals surface area contributed by atoms with Crippen LogP contribution >= 0.6 is 27.3 Å². The molecule has 0 bridgehead atoms. The summed E-state index contributed by atoms with van der Waals surface area (Å²) in [5.74, 6) is -0.660. The van der Waals surface area contributed by atoms with Crippen molar-refractivity contribution in [2.45, 2.75) is 18.7 Å². The number of hydrogen-bond acceptors (Lipinski definition) is 5. The van der Waals surface area contributed by atoms with E-state index in [9.17, 15) is 9.59 Å². The third-order valence-electron chi connectivity index (χ3n) is 2.81. The minimum Gasteiger partial charge on any atom is -0.462 e. The fraction of sp³-hybridized carbons (Fsp3) is 0.267. The van der Waals surface area contributed by atoms with Gasteiger partial charge >= 0.3 is 5.97 Å². The minimum absolute atomic E-state index is 0.240. The molecular weight excluding hydrogens is 368 g/mol. The predicted molar refractivity (Wildman–Crippen MR) is 89.5 cm³/mol. The Kier molecular flexibility index (Phi) is 5.68. The summed E-state index contributed by atoms with van der Waals surface area (Å²) < 4.78 is 4.95. The van der Waals surface area contributed by atoms with Gasteiger partial charge in [-0.1, -0.05) is 57.6 Å². The van der Waals surface area contributed by atoms with Crippen molar-refractivity contribution in [1.29, 1.82) is 0 Å². The summed E-state index contributed by atoms with van der Waals surface area (Å²) in [6.45, 7) is 3.75. The number of benzene rings is 1. The van der Waals surface area contributed by atoms with Crippen LogP contribution in [0.5, 0.6) is 0 Å². The average Bonchev–Trinajstić information content (AvgIpc) is 2.88. The Bertz CT molecular complexity index is 673. The Balaban J connectivity index is 2.09. The van der Waals surface area contributed by atoms with Gasteiger partial charge in [-0.15, -0.1) is 0 Å². The molecule has 7 heteroatoms. The number of thiazole rings is 1. The van der Waals surface area contributed by atoms with E-state index in [0.717, 1.165) is 16.9 Å². The van der Waals surface area contributed by atoms with Gasteiger partial charge in [-0.05, 0) is 19.4 Å². The zero-order chi connectivity index (χ0) is 16.1. The van der Waals surface area contributed by atoms with Gasteiger partial charge in [0.15, 0.2) is 5.13 Å². The normalized spacial score (nSPS) is 11.8. The van der Waals surface area contributed by atoms with E-state index in [1.165, 1.54) is 0 Å². The first-order valence-corrected chi connectivity index (χ1v) is 8.40. The number of halogens is 1. The van der Waals surface area contributed by atoms with Gasteiger partial charge in [0.05, 0.1) is 12.3 Å². The van der Waals surface area contributed by atoms with E-state index in [2.05, 4.69) is 26.2 Å². The van der Waals surface area contributed by atoms with E-state index in [1.807, 2.05) is 30.3 Å². The van der Waals surface area contributed by atoms with E-state index in [0.29, 0.717) is 22.3 Å². The fourth-order valence-corrected chi connectivity index (χ4v) is 3.06. The molecule has 2 aromatic rings. The first kappa shape index (κ1) is 16.6. The number of esters is 1. The number of alkyl halides is 1. The van der Waals surface area contributed by atoms with Crippen LogP contribution in [0.1, 0.15) is 32.7 Å². The molecule has 0 spiro atoms. The maximum atomic E-state index is 12.2. The molecule has 0 radical (unpaired) electrons. The van der Waals surface area contributed by atoms with Crippen LogP contribution in [0.15, 0.2) is 30.3 Å². The molecule has 0 saturated carbocycles. The van der Waals surface area contributed by atoms with Gasteiger partial charge in [0.25, 0.3) is 0 Å². The van der Waals surface area contributed by atoms with Crippen molar-refractivity contribution in [3.63, 3.8) is 0 Å². The van der Waals surface area contributed by atoms with Gasteiger partial charge in [0.1, 0.15) is 9.70 Å². The van der Waals surface area contributed by atoms with Crippen LogP contribution in [0, 0.1) is 6.92 Å². The number of aryl methyl sites for hydroxylation is 1. The minimum atomic E-state index is -0.482. The van der Waals surface area contributed by atoms with Gasteiger partial charge in [0, 0.05) is 0 Å². The van der Waals surface area contributed by atoms with Crippen LogP contribution < -0.4 is 5.32 Å². The quantitative estimate of drug-likeness (QED) is 0.632. The summed E-state index contributed by atoms with van der Waals surface area (Å²) in [6.07, 6.45) is 0. The van der Waals surface area contributed by atoms with Crippen LogP contribution in [0.4, 0.5) is 5.13 Å². The largest absolute Gasteiger partial charge is 0.462 e. The molecule has 0 aliphatic rings. The van der Waals surface area contributed by atoms with Crippen molar-refractivity contribution in [2.75, 3.05) is 11.9 Å². The highest BCUT2D eigenvalue weighted by Crippen LogP contribution is 2.27. The molecule has 1 atom stereocenters. The number of nitrogens with zero attached hydrogens (tertiary/aromatic N) is 1. The molecule has 1 unspecified atom stereocenters. The molecule has 1 amide bonds. The van der Waals surface area contributed by atoms with Crippen molar-refractivity contribution < 1.29 is 14.3 Å². The van der Waals surface area contributed by atoms with Crippen LogP contribution in [-0.4, -0.2) is 23.5 Å². The van der Waals surface area contributed by atoms with Crippen LogP contribution in [-0.2, 0) is 9.53 Å². The number of rotatable bonds is 5. The molecule has 22 heavy (non-hydrogen) atoms. The van der Waals surface area contributed by atoms with Gasteiger partial charge in [-0.2, -0.15) is 0 Å². The zero-order valence-electron chi connectivity index (χ0n) is 12.1. The Labute approximate surface area is 140 Å². The number of carbonyl (C=O) groups is 2. The molecule has 1 aromatic heterocycles. The smallest absolute Gasteiger partial charge is 0.350 e. The summed E-state index contributed by atoms with van der Waals surface area (Å²) in [7, 11) is 0. The molecule has 1 aromatic carbocycles. The number of nitrogens with one attached hydrogen (secondary N) is 1. The second kappa shape index (κ2) is 7.51. The molecule has 0 fully saturated rings. The maximum absolute atomic E-state index is 12.2. The lowest BCUT2D eigenvalue weighted by atomic mass is 10.1. The summed E-state index contributed by atoms with van der Waals surface area (Å²) >= 11 is 4.47. The van der Waals surface area contributed by atoms with Crippen LogP contribution in [0.25, 0.3) is 0 Å². The summed E-state index contributed by atoms with van der Waals surface area (Å²) in [6, 6.07) is 9.33. The molecule has 0 aliphatic carbocycles. The summed E-state index contributed by atoms with van der Waals surface area (Å²) in [5.41, 5.74) is 1.39. The molecule has 116 valence electrons. The molecule has 0 saturated heterocycles. The lowest BCUT2D eigenvalue weighted by Gasteiger charge is -2.08. The number of anilines is 1. The Morgan fingerprint density at radius 2 is 2.05 bits per heavy atom. The second-order valence-electron chi connectivity index (χ2n) is 4.42. The van der Waals surface area contributed by atoms with Gasteiger partial charge in [-0.25, -0.2) is 9.78 Å². The van der Waals surface area contributed by atoms with Crippen LogP contribution in [0.3, 0.4) is 0 Å². The summed E-state index contributed by atoms with van der Waals surface area (Å²) in [4.78, 5) is 28.1. The number of amides is 1. The van der Waals surface area contributed by atoms with Gasteiger partial charge in [0.2, 0.25) is 5.91 Å². The highest BCUT2D eigenvalue weighted by Gasteiger charge is 2.21. The number of carbonyl (C=O) groups excluding carboxylic acids is 2. The van der Waals surface area contributed by atoms with E-state index in [1.54, 1.807) is 13.8 Å². The number of aromatic nitrogens is 1. The van der Waals surface area contributed by atoms with E-state index < -0.39 is 10.8 Å². The van der Waals surface area contributed by atoms with E-state index in [4.69, 9.17) is 4.74 Å². The number of ether oxygens (including phenoxy) is 1. The lowest BCUT2D eigenvalue weighted by molar-refractivity contribution is -0.115. The Morgan fingerprint density at radius 1 is 1.36 bits per heavy atom. The SMILES string of the molecule is CCOC(=O)c1sc(NC(=O)C(Br)c2ccccc2)nc1C. The average molecular weight is 383 g/mol. The summed E-state index contributed by atoms with van der Waals surface area (Å²) in [5, 5.41) is 3.09. The van der Waals surface area contributed by atoms with Crippen molar-refractivity contribution in [3.05, 3.63) is 46.5 Å². The zero-order valence-corrected chi connectivity index (χ0v) is 14.5. The van der Waals surface area contributed by atoms with Crippen molar-refractivity contribution >= 4 is 44.3 Å². The fourth-order valence-electron chi connectivity index (χ4n) is 1.78. The van der Waals surface area contributed by atoms with Crippen molar-refractivity contribution in [1.82, 2.24) is 4.98 Å². The van der Waals surface area contributed by atoms with Crippen molar-refractivity contribution in [2.24, 2.45) is 0 Å². The van der Waals surface area contributed by atoms with E-state index >= 15 is 0 Å². The standard InChI is InChI=1S/C15H15BrN2O3S/c1-3-21-14(20)12-9(2)17-15(22-12)18-13(19)11(16)10-7-5-4-6-8-10/h4-8,11H,3H2,1-2H3,(H,17,18,19). The molecule has 0 aliphatic heterocycles. The highest BCUT2D eigenvalue weighted by atomic mass is 79.9. The second-order valence-corrected chi connectivity index (χ2v) is 6.33. The topological polar surface area (TPSA) is 68.3 Å². The third kappa shape index (κ3) is 3.92. The highest BCUT2D eigenvalue weighted by molar-refractivity contribution is 9.09. The number of hydrogen-bond donors (Lipinski definition) is 1. The predicted octanol–water partition coefficient (Wildman–Crippen LogP) is 3.70. The Morgan fingerprint density at radius 3 is 2.68 bits per heavy atom. The lowest BCUT2D eigenvalue weighted by Crippen LogP contribution is -2.16. The molecule has 1 N–H and O–H groups in total.